The zero-order chi connectivity index (χ0) is 30.3. The molecule has 1 aliphatic heterocycles. The van der Waals surface area contributed by atoms with E-state index in [1.807, 2.05) is 37.3 Å². The molecule has 0 fully saturated rings. The van der Waals surface area contributed by atoms with Crippen molar-refractivity contribution in [1.82, 2.24) is 0 Å². The smallest absolute Gasteiger partial charge is 0.336 e. The van der Waals surface area contributed by atoms with Crippen molar-refractivity contribution < 1.29 is 23.7 Å². The van der Waals surface area contributed by atoms with Gasteiger partial charge in [-0.2, -0.15) is 5.26 Å². The Balaban J connectivity index is 1.57. The molecule has 218 valence electrons. The third-order valence-electron chi connectivity index (χ3n) is 6.95. The van der Waals surface area contributed by atoms with Gasteiger partial charge >= 0.3 is 5.97 Å². The second-order valence-electron chi connectivity index (χ2n) is 11.1. The van der Waals surface area contributed by atoms with Gasteiger partial charge in [-0.1, -0.05) is 70.5 Å². The summed E-state index contributed by atoms with van der Waals surface area (Å²) in [7, 11) is 0. The number of unbranched alkanes of at least 4 members (excludes halogenated alkanes) is 1. The van der Waals surface area contributed by atoms with Crippen LogP contribution in [0.2, 0.25) is 0 Å². The van der Waals surface area contributed by atoms with E-state index in [2.05, 4.69) is 45.9 Å². The molecule has 0 bridgehead atoms. The van der Waals surface area contributed by atoms with Crippen molar-refractivity contribution in [3.05, 3.63) is 100 Å². The Morgan fingerprint density at radius 2 is 1.79 bits per heavy atom. The van der Waals surface area contributed by atoms with Gasteiger partial charge in [-0.15, -0.1) is 0 Å². The zero-order valence-electron chi connectivity index (χ0n) is 24.9. The highest BCUT2D eigenvalue weighted by atomic mass is 16.5. The van der Waals surface area contributed by atoms with Crippen LogP contribution >= 0.6 is 0 Å². The maximum atomic E-state index is 12.6. The lowest BCUT2D eigenvalue weighted by molar-refractivity contribution is -0.128. The molecule has 0 amide bonds. The number of fused-ring (bicyclic) bond motifs is 1. The molecule has 1 heterocycles. The number of carbonyl (C=O) groups excluding carboxylic acids is 1. The predicted molar refractivity (Wildman–Crippen MR) is 164 cm³/mol. The van der Waals surface area contributed by atoms with E-state index in [1.165, 1.54) is 11.6 Å². The number of ether oxygens (including phenoxy) is 4. The predicted octanol–water partition coefficient (Wildman–Crippen LogP) is 7.40. The van der Waals surface area contributed by atoms with E-state index in [0.717, 1.165) is 29.5 Å². The largest absolute Gasteiger partial charge is 0.490 e. The summed E-state index contributed by atoms with van der Waals surface area (Å²) >= 11 is 0. The van der Waals surface area contributed by atoms with Gasteiger partial charge < -0.3 is 24.7 Å². The van der Waals surface area contributed by atoms with Crippen molar-refractivity contribution >= 4 is 12.0 Å². The van der Waals surface area contributed by atoms with Crippen LogP contribution in [0.25, 0.3) is 6.08 Å². The summed E-state index contributed by atoms with van der Waals surface area (Å²) in [6.07, 6.45) is 5.06. The van der Waals surface area contributed by atoms with Crippen LogP contribution in [-0.2, 0) is 10.2 Å². The lowest BCUT2D eigenvalue weighted by Crippen LogP contribution is -2.21. The summed E-state index contributed by atoms with van der Waals surface area (Å²) in [6, 6.07) is 21.0. The van der Waals surface area contributed by atoms with Gasteiger partial charge in [0.1, 0.15) is 23.1 Å². The van der Waals surface area contributed by atoms with Crippen molar-refractivity contribution in [1.29, 1.82) is 5.26 Å². The van der Waals surface area contributed by atoms with Crippen LogP contribution in [0.4, 0.5) is 0 Å². The minimum atomic E-state index is -0.525. The fourth-order valence-corrected chi connectivity index (χ4v) is 4.67. The van der Waals surface area contributed by atoms with Gasteiger partial charge in [-0.05, 0) is 59.7 Å². The molecule has 3 aromatic rings. The molecule has 42 heavy (non-hydrogen) atoms. The molecular weight excluding hydrogens is 528 g/mol. The summed E-state index contributed by atoms with van der Waals surface area (Å²) in [5, 5.41) is 9.97. The standard InChI is InChI=1S/C35H38N2O5/c1-6-8-19-40-29-17-12-24(20-31(29)39-7-2)33-27-16-15-26(21-30(27)42-34(37)28(33)22-36)41-32(38)18-11-23-9-13-25(14-10-23)35(3,4)5/h9-18,20-21,33H,6-8,19,37H2,1-5H3/b18-11+. The first-order valence-electron chi connectivity index (χ1n) is 14.3. The Labute approximate surface area is 248 Å². The molecule has 4 rings (SSSR count). The molecule has 0 saturated heterocycles. The van der Waals surface area contributed by atoms with E-state index in [4.69, 9.17) is 24.7 Å². The number of carbonyl (C=O) groups is 1. The quantitative estimate of drug-likeness (QED) is 0.118. The normalized spacial score (nSPS) is 14.6. The Morgan fingerprint density at radius 3 is 2.45 bits per heavy atom. The molecule has 3 aromatic carbocycles. The van der Waals surface area contributed by atoms with Crippen LogP contribution in [-0.4, -0.2) is 19.2 Å². The Morgan fingerprint density at radius 1 is 1.02 bits per heavy atom. The highest BCUT2D eigenvalue weighted by molar-refractivity contribution is 5.88. The molecule has 0 aliphatic carbocycles. The molecule has 0 aromatic heterocycles. The van der Waals surface area contributed by atoms with Gasteiger partial charge in [0, 0.05) is 17.7 Å². The van der Waals surface area contributed by atoms with Crippen LogP contribution in [0.3, 0.4) is 0 Å². The number of esters is 1. The zero-order valence-corrected chi connectivity index (χ0v) is 24.9. The maximum Gasteiger partial charge on any atom is 0.336 e. The van der Waals surface area contributed by atoms with Crippen molar-refractivity contribution in [3.63, 3.8) is 0 Å². The Hall–Kier alpha value is -4.70. The minimum Gasteiger partial charge on any atom is -0.490 e. The third-order valence-corrected chi connectivity index (χ3v) is 6.95. The number of nitrogens with two attached hydrogens (primary N) is 1. The van der Waals surface area contributed by atoms with E-state index in [9.17, 15) is 10.1 Å². The molecule has 0 radical (unpaired) electrons. The Bertz CT molecular complexity index is 1520. The lowest BCUT2D eigenvalue weighted by Gasteiger charge is -2.27. The number of rotatable bonds is 10. The number of nitriles is 1. The van der Waals surface area contributed by atoms with Crippen LogP contribution < -0.4 is 24.7 Å². The monoisotopic (exact) mass is 566 g/mol. The van der Waals surface area contributed by atoms with E-state index in [-0.39, 0.29) is 16.9 Å². The van der Waals surface area contributed by atoms with Gasteiger partial charge in [-0.3, -0.25) is 0 Å². The maximum absolute atomic E-state index is 12.6. The molecule has 7 heteroatoms. The Kier molecular flexibility index (Phi) is 9.59. The van der Waals surface area contributed by atoms with Gasteiger partial charge in [0.2, 0.25) is 5.88 Å². The summed E-state index contributed by atoms with van der Waals surface area (Å²) in [4.78, 5) is 12.6. The molecule has 1 unspecified atom stereocenters. The summed E-state index contributed by atoms with van der Waals surface area (Å²) in [5.41, 5.74) is 10.2. The molecule has 1 aliphatic rings. The van der Waals surface area contributed by atoms with Crippen molar-refractivity contribution in [2.24, 2.45) is 5.73 Å². The molecule has 2 N–H and O–H groups in total. The molecule has 0 saturated carbocycles. The fourth-order valence-electron chi connectivity index (χ4n) is 4.67. The number of nitrogens with zero attached hydrogens (tertiary/aromatic N) is 1. The SMILES string of the molecule is CCCCOc1ccc(C2C(C#N)=C(N)Oc3cc(OC(=O)/C=C/c4ccc(C(C)(C)C)cc4)ccc32)cc1OCC. The van der Waals surface area contributed by atoms with Crippen LogP contribution in [0, 0.1) is 11.3 Å². The topological polar surface area (TPSA) is 104 Å². The highest BCUT2D eigenvalue weighted by Crippen LogP contribution is 2.45. The van der Waals surface area contributed by atoms with Crippen molar-refractivity contribution in [2.45, 2.75) is 58.8 Å². The minimum absolute atomic E-state index is 0.00157. The third kappa shape index (κ3) is 7.13. The summed E-state index contributed by atoms with van der Waals surface area (Å²) < 4.78 is 23.2. The molecule has 0 spiro atoms. The van der Waals surface area contributed by atoms with Gasteiger partial charge in [0.15, 0.2) is 11.5 Å². The van der Waals surface area contributed by atoms with Crippen LogP contribution in [0.15, 0.2) is 78.2 Å². The van der Waals surface area contributed by atoms with E-state index >= 15 is 0 Å². The van der Waals surface area contributed by atoms with E-state index in [1.54, 1.807) is 24.3 Å². The summed E-state index contributed by atoms with van der Waals surface area (Å²) in [6.45, 7) is 11.5. The fraction of sp³-hybridized carbons (Fsp3) is 0.314. The number of allylic oxidation sites excluding steroid dienone is 1. The average molecular weight is 567 g/mol. The van der Waals surface area contributed by atoms with E-state index in [0.29, 0.717) is 36.2 Å². The number of hydrogen-bond acceptors (Lipinski definition) is 7. The molecular formula is C35H38N2O5. The first-order valence-corrected chi connectivity index (χ1v) is 14.3. The van der Waals surface area contributed by atoms with Gasteiger partial charge in [0.05, 0.1) is 19.1 Å². The first kappa shape index (κ1) is 30.3. The highest BCUT2D eigenvalue weighted by Gasteiger charge is 2.32. The van der Waals surface area contributed by atoms with Gasteiger partial charge in [0.25, 0.3) is 0 Å². The molecule has 1 atom stereocenters. The molecule has 7 nitrogen and oxygen atoms in total. The second kappa shape index (κ2) is 13.3. The summed E-state index contributed by atoms with van der Waals surface area (Å²) in [5.74, 6) is 0.931. The van der Waals surface area contributed by atoms with Crippen LogP contribution in [0.1, 0.15) is 75.6 Å². The first-order chi connectivity index (χ1) is 20.1. The van der Waals surface area contributed by atoms with Crippen molar-refractivity contribution in [3.8, 4) is 29.1 Å². The van der Waals surface area contributed by atoms with Gasteiger partial charge in [-0.25, -0.2) is 4.79 Å². The number of hydrogen-bond donors (Lipinski definition) is 1. The van der Waals surface area contributed by atoms with Crippen molar-refractivity contribution in [2.75, 3.05) is 13.2 Å². The van der Waals surface area contributed by atoms with Crippen LogP contribution in [0.5, 0.6) is 23.0 Å². The van der Waals surface area contributed by atoms with E-state index < -0.39 is 11.9 Å². The average Bonchev–Trinajstić information content (AvgIpc) is 2.96. The lowest BCUT2D eigenvalue weighted by atomic mass is 9.83. The second-order valence-corrected chi connectivity index (χ2v) is 11.1. The number of benzene rings is 3.